The number of carbonyl (C=O) groups excluding carboxylic acids is 2. The van der Waals surface area contributed by atoms with Crippen molar-refractivity contribution >= 4 is 19.2 Å². The summed E-state index contributed by atoms with van der Waals surface area (Å²) in [6, 6.07) is 0. The van der Waals surface area contributed by atoms with E-state index in [1.165, 1.54) is 0 Å². The van der Waals surface area contributed by atoms with Gasteiger partial charge in [-0.25, -0.2) is 9.59 Å². The molecule has 0 saturated carbocycles. The monoisotopic (exact) mass is 153 g/mol. The Morgan fingerprint density at radius 1 is 1.09 bits per heavy atom. The lowest BCUT2D eigenvalue weighted by molar-refractivity contribution is -0.191. The van der Waals surface area contributed by atoms with Crippen LogP contribution in [0.5, 0.6) is 0 Å². The van der Waals surface area contributed by atoms with Gasteiger partial charge in [0.1, 0.15) is 11.0 Å². The van der Waals surface area contributed by atoms with Crippen LogP contribution in [0.4, 0.5) is 0 Å². The van der Waals surface area contributed by atoms with Gasteiger partial charge >= 0.3 is 11.9 Å². The van der Waals surface area contributed by atoms with Gasteiger partial charge in [-0.05, 0) is 13.8 Å². The van der Waals surface area contributed by atoms with E-state index in [2.05, 4.69) is 0 Å². The molecule has 0 N–H and O–H groups in total. The molecule has 0 amide bonds. The molecule has 2 rings (SSSR count). The molecule has 4 nitrogen and oxygen atoms in total. The summed E-state index contributed by atoms with van der Waals surface area (Å²) in [5, 5.41) is 0. The van der Waals surface area contributed by atoms with Crippen molar-refractivity contribution in [1.82, 2.24) is 0 Å². The van der Waals surface area contributed by atoms with Crippen molar-refractivity contribution < 1.29 is 19.1 Å². The van der Waals surface area contributed by atoms with E-state index in [-0.39, 0.29) is 0 Å². The van der Waals surface area contributed by atoms with Gasteiger partial charge in [-0.15, -0.1) is 0 Å². The normalized spacial score (nSPS) is 46.7. The van der Waals surface area contributed by atoms with Crippen molar-refractivity contribution in [3.63, 3.8) is 0 Å². The van der Waals surface area contributed by atoms with E-state index >= 15 is 0 Å². The van der Waals surface area contributed by atoms with Gasteiger partial charge < -0.3 is 9.47 Å². The largest absolute Gasteiger partial charge is 0.457 e. The minimum Gasteiger partial charge on any atom is -0.457 e. The molecule has 5 heteroatoms. The maximum absolute atomic E-state index is 10.7. The minimum absolute atomic E-state index is 0.683. The first-order valence-corrected chi connectivity index (χ1v) is 3.30. The third-order valence-electron chi connectivity index (χ3n) is 2.23. The molecule has 2 unspecified atom stereocenters. The fraction of sp³-hybridized carbons (Fsp3) is 0.667. The number of hydrogen-bond acceptors (Lipinski definition) is 4. The topological polar surface area (TPSA) is 52.6 Å². The highest BCUT2D eigenvalue weighted by Gasteiger charge is 2.72. The van der Waals surface area contributed by atoms with Crippen LogP contribution in [-0.4, -0.2) is 30.2 Å². The van der Waals surface area contributed by atoms with Gasteiger partial charge in [0, 0.05) is 0 Å². The lowest BCUT2D eigenvalue weighted by Gasteiger charge is -2.25. The van der Waals surface area contributed by atoms with Crippen LogP contribution in [0.2, 0.25) is 0 Å². The number of hydrogen-bond donors (Lipinski definition) is 0. The Kier molecular flexibility index (Phi) is 0.878. The number of esters is 2. The minimum atomic E-state index is -0.904. The van der Waals surface area contributed by atoms with Crippen molar-refractivity contribution in [2.45, 2.75) is 24.8 Å². The van der Waals surface area contributed by atoms with Crippen LogP contribution >= 0.6 is 0 Å². The Bertz CT molecular complexity index is 237. The predicted octanol–water partition coefficient (Wildman–Crippen LogP) is -0.763. The second kappa shape index (κ2) is 1.44. The van der Waals surface area contributed by atoms with E-state index in [0.29, 0.717) is 0 Å². The first-order valence-electron chi connectivity index (χ1n) is 3.30. The molecule has 57 valence electrons. The molecule has 2 aliphatic rings. The van der Waals surface area contributed by atoms with E-state index < -0.39 is 22.9 Å². The van der Waals surface area contributed by atoms with Crippen molar-refractivity contribution in [3.8, 4) is 0 Å². The molecule has 11 heavy (non-hydrogen) atoms. The molecule has 2 heterocycles. The summed E-state index contributed by atoms with van der Waals surface area (Å²) in [4.78, 5) is 21.3. The molecule has 2 fully saturated rings. The molecule has 2 atom stereocenters. The molecule has 0 bridgehead atoms. The zero-order valence-electron chi connectivity index (χ0n) is 6.21. The van der Waals surface area contributed by atoms with Gasteiger partial charge in [0.15, 0.2) is 0 Å². The maximum atomic E-state index is 10.7. The number of fused-ring (bicyclic) bond motifs is 1. The quantitative estimate of drug-likeness (QED) is 0.260. The van der Waals surface area contributed by atoms with Gasteiger partial charge in [-0.3, -0.25) is 0 Å². The van der Waals surface area contributed by atoms with E-state index in [1.54, 1.807) is 21.1 Å². The summed E-state index contributed by atoms with van der Waals surface area (Å²) in [6.07, 6.45) is 0. The van der Waals surface area contributed by atoms with Crippen LogP contribution < -0.4 is 0 Å². The van der Waals surface area contributed by atoms with E-state index in [9.17, 15) is 9.59 Å². The van der Waals surface area contributed by atoms with E-state index in [1.807, 2.05) is 0 Å². The van der Waals surface area contributed by atoms with Gasteiger partial charge in [0.2, 0.25) is 7.28 Å². The van der Waals surface area contributed by atoms with Crippen LogP contribution in [0, 0.1) is 0 Å². The lowest BCUT2D eigenvalue weighted by atomic mass is 9.97. The summed E-state index contributed by atoms with van der Waals surface area (Å²) < 4.78 is 9.59. The molecule has 2 saturated heterocycles. The van der Waals surface area contributed by atoms with Crippen molar-refractivity contribution in [1.29, 1.82) is 0 Å². The van der Waals surface area contributed by atoms with Crippen molar-refractivity contribution in [3.05, 3.63) is 0 Å². The highest BCUT2D eigenvalue weighted by Crippen LogP contribution is 2.47. The Morgan fingerprint density at radius 3 is 1.82 bits per heavy atom. The third-order valence-corrected chi connectivity index (χ3v) is 2.23. The number of ether oxygens (including phenoxy) is 2. The number of carbonyl (C=O) groups is 2. The van der Waals surface area contributed by atoms with Crippen LogP contribution in [-0.2, 0) is 19.1 Å². The SMILES string of the molecule is CC12[B]C1(C)OC(=O)C(=O)O2. The highest BCUT2D eigenvalue weighted by molar-refractivity contribution is 6.61. The molecule has 1 radical (unpaired) electrons. The molecular weight excluding hydrogens is 147 g/mol. The summed E-state index contributed by atoms with van der Waals surface area (Å²) in [5.41, 5.74) is -1.37. The van der Waals surface area contributed by atoms with E-state index in [4.69, 9.17) is 9.47 Å². The fourth-order valence-electron chi connectivity index (χ4n) is 1.22. The van der Waals surface area contributed by atoms with Crippen molar-refractivity contribution in [2.75, 3.05) is 0 Å². The van der Waals surface area contributed by atoms with Gasteiger partial charge in [-0.2, -0.15) is 0 Å². The predicted molar refractivity (Wildman–Crippen MR) is 34.7 cm³/mol. The lowest BCUT2D eigenvalue weighted by Crippen LogP contribution is -2.41. The Hall–Kier alpha value is -0.995. The zero-order chi connectivity index (χ0) is 8.28. The fourth-order valence-corrected chi connectivity index (χ4v) is 1.22. The molecule has 2 aliphatic heterocycles. The summed E-state index contributed by atoms with van der Waals surface area (Å²) >= 11 is 0. The standard InChI is InChI=1S/C6H6BO4/c1-5-6(2,7-5)11-4(9)3(8)10-5/h1-2H3. The smallest absolute Gasteiger partial charge is 0.417 e. The Morgan fingerprint density at radius 2 is 1.45 bits per heavy atom. The van der Waals surface area contributed by atoms with Crippen LogP contribution in [0.3, 0.4) is 0 Å². The molecule has 0 aromatic heterocycles. The zero-order valence-corrected chi connectivity index (χ0v) is 6.21. The van der Waals surface area contributed by atoms with Gasteiger partial charge in [0.05, 0.1) is 0 Å². The average molecular weight is 153 g/mol. The van der Waals surface area contributed by atoms with Crippen LogP contribution in [0.15, 0.2) is 0 Å². The number of rotatable bonds is 0. The first-order chi connectivity index (χ1) is 4.97. The molecular formula is C6H6BO4. The van der Waals surface area contributed by atoms with Gasteiger partial charge in [0.25, 0.3) is 0 Å². The maximum Gasteiger partial charge on any atom is 0.417 e. The molecule has 0 aromatic rings. The second-order valence-electron chi connectivity index (χ2n) is 3.14. The molecule has 0 aromatic carbocycles. The third kappa shape index (κ3) is 0.653. The van der Waals surface area contributed by atoms with Crippen molar-refractivity contribution in [2.24, 2.45) is 0 Å². The average Bonchev–Trinajstić information content (AvgIpc) is 2.33. The Labute approximate surface area is 64.1 Å². The van der Waals surface area contributed by atoms with E-state index in [0.717, 1.165) is 0 Å². The van der Waals surface area contributed by atoms with Crippen LogP contribution in [0.25, 0.3) is 0 Å². The first kappa shape index (κ1) is 6.70. The van der Waals surface area contributed by atoms with Gasteiger partial charge in [-0.1, -0.05) is 0 Å². The van der Waals surface area contributed by atoms with Crippen LogP contribution in [0.1, 0.15) is 13.8 Å². The summed E-state index contributed by atoms with van der Waals surface area (Å²) in [7, 11) is 1.68. The molecule has 0 spiro atoms. The highest BCUT2D eigenvalue weighted by atomic mass is 16.7. The summed E-state index contributed by atoms with van der Waals surface area (Å²) in [5.74, 6) is -1.81. The summed E-state index contributed by atoms with van der Waals surface area (Å²) in [6.45, 7) is 3.41. The second-order valence-corrected chi connectivity index (χ2v) is 3.14. The Balaban J connectivity index is 2.28. The molecule has 0 aliphatic carbocycles.